The highest BCUT2D eigenvalue weighted by Gasteiger charge is 2.20. The standard InChI is InChI=1S/C11H13FN2O/c12-11-9(2-1-6-14-11)8-3-4-10(15)13-7-5-8/h1-2,6,8H,3-5,7H2,(H,13,15). The molecule has 1 aromatic rings. The minimum Gasteiger partial charge on any atom is -0.356 e. The molecule has 1 saturated heterocycles. The Kier molecular flexibility index (Phi) is 2.94. The molecule has 15 heavy (non-hydrogen) atoms. The summed E-state index contributed by atoms with van der Waals surface area (Å²) in [6.07, 6.45) is 3.40. The van der Waals surface area contributed by atoms with E-state index in [1.54, 1.807) is 12.1 Å². The molecule has 1 amide bonds. The van der Waals surface area contributed by atoms with Crippen LogP contribution in [0, 0.1) is 5.95 Å². The van der Waals surface area contributed by atoms with Crippen molar-refractivity contribution in [2.75, 3.05) is 6.54 Å². The van der Waals surface area contributed by atoms with E-state index in [2.05, 4.69) is 10.3 Å². The Bertz CT molecular complexity index is 367. The Labute approximate surface area is 87.7 Å². The van der Waals surface area contributed by atoms with Crippen molar-refractivity contribution < 1.29 is 9.18 Å². The molecule has 1 atom stereocenters. The maximum Gasteiger partial charge on any atom is 0.220 e. The lowest BCUT2D eigenvalue weighted by atomic mass is 9.93. The first kappa shape index (κ1) is 10.1. The van der Waals surface area contributed by atoms with Crippen LogP contribution in [0.4, 0.5) is 4.39 Å². The predicted molar refractivity (Wildman–Crippen MR) is 53.8 cm³/mol. The molecule has 0 saturated carbocycles. The molecule has 4 heteroatoms. The zero-order valence-electron chi connectivity index (χ0n) is 8.37. The number of carbonyl (C=O) groups is 1. The van der Waals surface area contributed by atoms with Crippen LogP contribution >= 0.6 is 0 Å². The van der Waals surface area contributed by atoms with E-state index in [1.165, 1.54) is 6.20 Å². The Morgan fingerprint density at radius 1 is 1.47 bits per heavy atom. The SMILES string of the molecule is O=C1CCC(c2cccnc2F)CCN1. The van der Waals surface area contributed by atoms with Gasteiger partial charge in [-0.1, -0.05) is 6.07 Å². The minimum absolute atomic E-state index is 0.0572. The second kappa shape index (κ2) is 4.38. The summed E-state index contributed by atoms with van der Waals surface area (Å²) in [7, 11) is 0. The molecule has 0 bridgehead atoms. The summed E-state index contributed by atoms with van der Waals surface area (Å²) < 4.78 is 13.4. The fraction of sp³-hybridized carbons (Fsp3) is 0.455. The molecule has 80 valence electrons. The molecule has 1 N–H and O–H groups in total. The fourth-order valence-corrected chi connectivity index (χ4v) is 1.94. The van der Waals surface area contributed by atoms with Gasteiger partial charge < -0.3 is 5.32 Å². The van der Waals surface area contributed by atoms with Crippen molar-refractivity contribution in [2.24, 2.45) is 0 Å². The van der Waals surface area contributed by atoms with Crippen molar-refractivity contribution in [3.05, 3.63) is 29.8 Å². The summed E-state index contributed by atoms with van der Waals surface area (Å²) in [5.74, 6) is -0.240. The van der Waals surface area contributed by atoms with Crippen LogP contribution in [0.15, 0.2) is 18.3 Å². The average Bonchev–Trinajstić information content (AvgIpc) is 2.44. The van der Waals surface area contributed by atoms with Crippen LogP contribution in [0.25, 0.3) is 0 Å². The van der Waals surface area contributed by atoms with Crippen molar-refractivity contribution in [3.63, 3.8) is 0 Å². The van der Waals surface area contributed by atoms with Crippen LogP contribution in [0.5, 0.6) is 0 Å². The van der Waals surface area contributed by atoms with Crippen LogP contribution < -0.4 is 5.32 Å². The fourth-order valence-electron chi connectivity index (χ4n) is 1.94. The summed E-state index contributed by atoms with van der Waals surface area (Å²) >= 11 is 0. The predicted octanol–water partition coefficient (Wildman–Crippen LogP) is 1.60. The third-order valence-electron chi connectivity index (χ3n) is 2.76. The van der Waals surface area contributed by atoms with Gasteiger partial charge >= 0.3 is 0 Å². The number of hydrogen-bond acceptors (Lipinski definition) is 2. The molecule has 0 spiro atoms. The number of nitrogens with one attached hydrogen (secondary N) is 1. The van der Waals surface area contributed by atoms with E-state index in [4.69, 9.17) is 0 Å². The van der Waals surface area contributed by atoms with Crippen LogP contribution in [0.2, 0.25) is 0 Å². The van der Waals surface area contributed by atoms with E-state index in [-0.39, 0.29) is 11.8 Å². The van der Waals surface area contributed by atoms with Crippen LogP contribution in [-0.4, -0.2) is 17.4 Å². The second-order valence-electron chi connectivity index (χ2n) is 3.76. The molecule has 2 rings (SSSR count). The highest BCUT2D eigenvalue weighted by molar-refractivity contribution is 5.76. The van der Waals surface area contributed by atoms with E-state index in [0.717, 1.165) is 6.42 Å². The molecule has 1 aliphatic heterocycles. The lowest BCUT2D eigenvalue weighted by Crippen LogP contribution is -2.21. The summed E-state index contributed by atoms with van der Waals surface area (Å²) in [6, 6.07) is 3.49. The van der Waals surface area contributed by atoms with Gasteiger partial charge in [-0.3, -0.25) is 4.79 Å². The second-order valence-corrected chi connectivity index (χ2v) is 3.76. The maximum absolute atomic E-state index is 13.4. The zero-order valence-corrected chi connectivity index (χ0v) is 8.37. The molecule has 0 aliphatic carbocycles. The summed E-state index contributed by atoms with van der Waals surface area (Å²) in [6.45, 7) is 0.623. The van der Waals surface area contributed by atoms with Crippen molar-refractivity contribution in [1.29, 1.82) is 0 Å². The first-order chi connectivity index (χ1) is 7.27. The highest BCUT2D eigenvalue weighted by atomic mass is 19.1. The van der Waals surface area contributed by atoms with Crippen molar-refractivity contribution in [2.45, 2.75) is 25.2 Å². The van der Waals surface area contributed by atoms with E-state index in [9.17, 15) is 9.18 Å². The minimum atomic E-state index is -0.406. The quantitative estimate of drug-likeness (QED) is 0.712. The normalized spacial score (nSPS) is 21.9. The van der Waals surface area contributed by atoms with Gasteiger partial charge in [-0.05, 0) is 24.8 Å². The van der Waals surface area contributed by atoms with Crippen molar-refractivity contribution in [1.82, 2.24) is 10.3 Å². The summed E-state index contributed by atoms with van der Waals surface area (Å²) in [5, 5.41) is 2.78. The number of nitrogens with zero attached hydrogens (tertiary/aromatic N) is 1. The number of hydrogen-bond donors (Lipinski definition) is 1. The van der Waals surface area contributed by atoms with Crippen LogP contribution in [-0.2, 0) is 4.79 Å². The van der Waals surface area contributed by atoms with E-state index >= 15 is 0 Å². The first-order valence-electron chi connectivity index (χ1n) is 5.14. The van der Waals surface area contributed by atoms with Gasteiger partial charge in [0.1, 0.15) is 0 Å². The number of rotatable bonds is 1. The van der Waals surface area contributed by atoms with Gasteiger partial charge in [0.2, 0.25) is 11.9 Å². The van der Waals surface area contributed by atoms with Crippen LogP contribution in [0.3, 0.4) is 0 Å². The average molecular weight is 208 g/mol. The summed E-state index contributed by atoms with van der Waals surface area (Å²) in [4.78, 5) is 14.8. The maximum atomic E-state index is 13.4. The van der Waals surface area contributed by atoms with Crippen molar-refractivity contribution >= 4 is 5.91 Å². The lowest BCUT2D eigenvalue weighted by Gasteiger charge is -2.13. The Hall–Kier alpha value is -1.45. The Morgan fingerprint density at radius 3 is 3.13 bits per heavy atom. The Morgan fingerprint density at radius 2 is 2.33 bits per heavy atom. The van der Waals surface area contributed by atoms with Gasteiger partial charge in [-0.25, -0.2) is 4.98 Å². The van der Waals surface area contributed by atoms with Gasteiger partial charge in [0.25, 0.3) is 0 Å². The van der Waals surface area contributed by atoms with E-state index < -0.39 is 5.95 Å². The topological polar surface area (TPSA) is 42.0 Å². The van der Waals surface area contributed by atoms with Crippen LogP contribution in [0.1, 0.15) is 30.7 Å². The largest absolute Gasteiger partial charge is 0.356 e. The van der Waals surface area contributed by atoms with Gasteiger partial charge in [-0.15, -0.1) is 0 Å². The zero-order chi connectivity index (χ0) is 10.7. The van der Waals surface area contributed by atoms with E-state index in [0.29, 0.717) is 24.9 Å². The molecule has 0 aromatic carbocycles. The molecule has 3 nitrogen and oxygen atoms in total. The first-order valence-corrected chi connectivity index (χ1v) is 5.14. The third-order valence-corrected chi connectivity index (χ3v) is 2.76. The van der Waals surface area contributed by atoms with Gasteiger partial charge in [0.15, 0.2) is 0 Å². The number of pyridine rings is 1. The monoisotopic (exact) mass is 208 g/mol. The number of halogens is 1. The molecule has 1 aromatic heterocycles. The smallest absolute Gasteiger partial charge is 0.220 e. The Balaban J connectivity index is 2.16. The number of aromatic nitrogens is 1. The van der Waals surface area contributed by atoms with Gasteiger partial charge in [-0.2, -0.15) is 4.39 Å². The lowest BCUT2D eigenvalue weighted by molar-refractivity contribution is -0.120. The molecule has 0 radical (unpaired) electrons. The molecule has 2 heterocycles. The molecule has 1 unspecified atom stereocenters. The molecular weight excluding hydrogens is 195 g/mol. The van der Waals surface area contributed by atoms with Gasteiger partial charge in [0, 0.05) is 24.7 Å². The number of carbonyl (C=O) groups excluding carboxylic acids is 1. The van der Waals surface area contributed by atoms with Crippen molar-refractivity contribution in [3.8, 4) is 0 Å². The number of amides is 1. The van der Waals surface area contributed by atoms with Gasteiger partial charge in [0.05, 0.1) is 0 Å². The van der Waals surface area contributed by atoms with E-state index in [1.807, 2.05) is 0 Å². The third kappa shape index (κ3) is 2.32. The summed E-state index contributed by atoms with van der Waals surface area (Å²) in [5.41, 5.74) is 0.633. The highest BCUT2D eigenvalue weighted by Crippen LogP contribution is 2.27. The molecule has 1 aliphatic rings. The molecular formula is C11H13FN2O. The molecule has 1 fully saturated rings.